The van der Waals surface area contributed by atoms with Gasteiger partial charge < -0.3 is 10.1 Å². The number of carbonyl (C=O) groups excluding carboxylic acids is 1. The predicted molar refractivity (Wildman–Crippen MR) is 105 cm³/mol. The lowest BCUT2D eigenvalue weighted by Crippen LogP contribution is -2.29. The van der Waals surface area contributed by atoms with E-state index in [9.17, 15) is 4.79 Å². The van der Waals surface area contributed by atoms with E-state index in [0.717, 1.165) is 16.7 Å². The Balaban J connectivity index is 1.93. The monoisotopic (exact) mass is 365 g/mol. The quantitative estimate of drug-likeness (QED) is 0.676. The second-order valence-electron chi connectivity index (χ2n) is 6.08. The first-order valence-electron chi connectivity index (χ1n) is 8.34. The number of halogens is 1. The van der Waals surface area contributed by atoms with Crippen molar-refractivity contribution in [3.63, 3.8) is 0 Å². The molecule has 3 aromatic rings. The molecule has 26 heavy (non-hydrogen) atoms. The standard InChI is InChI=1S/C22H20ClNO2/c1-15-7-6-10-17(13-15)21(16-8-4-3-5-9-16)24-22(25)18-11-12-20(26-2)19(23)14-18/h3-14,21H,1-2H3,(H,24,25)/t21-/m0/s1. The summed E-state index contributed by atoms with van der Waals surface area (Å²) >= 11 is 6.16. The molecule has 0 heterocycles. The molecular weight excluding hydrogens is 346 g/mol. The van der Waals surface area contributed by atoms with E-state index < -0.39 is 0 Å². The Bertz CT molecular complexity index is 909. The number of aryl methyl sites for hydroxylation is 1. The van der Waals surface area contributed by atoms with Crippen LogP contribution in [0.3, 0.4) is 0 Å². The first-order chi connectivity index (χ1) is 12.6. The van der Waals surface area contributed by atoms with Crippen LogP contribution in [0.1, 0.15) is 33.1 Å². The first-order valence-corrected chi connectivity index (χ1v) is 8.72. The second kappa shape index (κ2) is 8.07. The molecule has 4 heteroatoms. The van der Waals surface area contributed by atoms with Crippen molar-refractivity contribution in [2.75, 3.05) is 7.11 Å². The predicted octanol–water partition coefficient (Wildman–Crippen LogP) is 5.18. The van der Waals surface area contributed by atoms with E-state index in [4.69, 9.17) is 16.3 Å². The van der Waals surface area contributed by atoms with Gasteiger partial charge in [-0.3, -0.25) is 4.79 Å². The van der Waals surface area contributed by atoms with Crippen molar-refractivity contribution >= 4 is 17.5 Å². The number of hydrogen-bond donors (Lipinski definition) is 1. The highest BCUT2D eigenvalue weighted by atomic mass is 35.5. The lowest BCUT2D eigenvalue weighted by atomic mass is 9.97. The Kier molecular flexibility index (Phi) is 5.59. The molecule has 1 N–H and O–H groups in total. The molecule has 0 aliphatic heterocycles. The third-order valence-electron chi connectivity index (χ3n) is 4.20. The summed E-state index contributed by atoms with van der Waals surface area (Å²) in [4.78, 5) is 12.8. The minimum atomic E-state index is -0.246. The molecule has 3 rings (SSSR count). The number of amides is 1. The van der Waals surface area contributed by atoms with Crippen LogP contribution < -0.4 is 10.1 Å². The van der Waals surface area contributed by atoms with E-state index >= 15 is 0 Å². The fraction of sp³-hybridized carbons (Fsp3) is 0.136. The molecular formula is C22H20ClNO2. The van der Waals surface area contributed by atoms with E-state index in [0.29, 0.717) is 16.3 Å². The zero-order valence-electron chi connectivity index (χ0n) is 14.7. The molecule has 0 radical (unpaired) electrons. The van der Waals surface area contributed by atoms with Crippen LogP contribution in [0.4, 0.5) is 0 Å². The van der Waals surface area contributed by atoms with Gasteiger partial charge in [0.05, 0.1) is 18.2 Å². The summed E-state index contributed by atoms with van der Waals surface area (Å²) in [5.74, 6) is 0.353. The lowest BCUT2D eigenvalue weighted by molar-refractivity contribution is 0.0943. The van der Waals surface area contributed by atoms with Gasteiger partial charge in [-0.15, -0.1) is 0 Å². The number of ether oxygens (including phenoxy) is 1. The fourth-order valence-electron chi connectivity index (χ4n) is 2.88. The number of methoxy groups -OCH3 is 1. The number of rotatable bonds is 5. The van der Waals surface area contributed by atoms with Crippen molar-refractivity contribution in [1.82, 2.24) is 5.32 Å². The van der Waals surface area contributed by atoms with Crippen molar-refractivity contribution in [2.45, 2.75) is 13.0 Å². The summed E-state index contributed by atoms with van der Waals surface area (Å²) in [7, 11) is 1.55. The van der Waals surface area contributed by atoms with E-state index in [1.165, 1.54) is 0 Å². The molecule has 0 bridgehead atoms. The van der Waals surface area contributed by atoms with Gasteiger partial charge in [-0.2, -0.15) is 0 Å². The second-order valence-corrected chi connectivity index (χ2v) is 6.49. The van der Waals surface area contributed by atoms with Gasteiger partial charge >= 0.3 is 0 Å². The van der Waals surface area contributed by atoms with Crippen molar-refractivity contribution in [3.05, 3.63) is 100 Å². The molecule has 3 nitrogen and oxygen atoms in total. The van der Waals surface area contributed by atoms with Crippen LogP contribution in [0.5, 0.6) is 5.75 Å². The molecule has 0 spiro atoms. The summed E-state index contributed by atoms with van der Waals surface area (Å²) < 4.78 is 5.15. The Hall–Kier alpha value is -2.78. The third-order valence-corrected chi connectivity index (χ3v) is 4.49. The number of nitrogens with one attached hydrogen (secondary N) is 1. The maximum atomic E-state index is 12.8. The van der Waals surface area contributed by atoms with Crippen molar-refractivity contribution in [1.29, 1.82) is 0 Å². The van der Waals surface area contributed by atoms with Crippen LogP contribution in [0.15, 0.2) is 72.8 Å². The number of benzene rings is 3. The largest absolute Gasteiger partial charge is 0.495 e. The molecule has 132 valence electrons. The van der Waals surface area contributed by atoms with E-state index in [-0.39, 0.29) is 11.9 Å². The van der Waals surface area contributed by atoms with Crippen LogP contribution in [-0.4, -0.2) is 13.0 Å². The maximum Gasteiger partial charge on any atom is 0.252 e. The summed E-state index contributed by atoms with van der Waals surface area (Å²) in [5, 5.41) is 3.53. The van der Waals surface area contributed by atoms with Crippen LogP contribution in [-0.2, 0) is 0 Å². The molecule has 0 aliphatic carbocycles. The minimum Gasteiger partial charge on any atom is -0.495 e. The number of carbonyl (C=O) groups is 1. The van der Waals surface area contributed by atoms with Gasteiger partial charge in [0.2, 0.25) is 0 Å². The van der Waals surface area contributed by atoms with Crippen LogP contribution >= 0.6 is 11.6 Å². The molecule has 1 amide bonds. The Morgan fingerprint density at radius 2 is 1.69 bits per heavy atom. The van der Waals surface area contributed by atoms with Crippen LogP contribution in [0.2, 0.25) is 5.02 Å². The highest BCUT2D eigenvalue weighted by Gasteiger charge is 2.18. The van der Waals surface area contributed by atoms with Gasteiger partial charge in [0.1, 0.15) is 5.75 Å². The van der Waals surface area contributed by atoms with Crippen molar-refractivity contribution in [3.8, 4) is 5.75 Å². The van der Waals surface area contributed by atoms with Gasteiger partial charge in [-0.05, 0) is 36.2 Å². The summed E-state index contributed by atoms with van der Waals surface area (Å²) in [5.41, 5.74) is 3.68. The van der Waals surface area contributed by atoms with Gasteiger partial charge in [0.15, 0.2) is 0 Å². The molecule has 0 aromatic heterocycles. The Labute approximate surface area is 158 Å². The maximum absolute atomic E-state index is 12.8. The van der Waals surface area contributed by atoms with Crippen LogP contribution in [0.25, 0.3) is 0 Å². The molecule has 0 saturated carbocycles. The molecule has 0 fully saturated rings. The smallest absolute Gasteiger partial charge is 0.252 e. The summed E-state index contributed by atoms with van der Waals surface area (Å²) in [6, 6.07) is 22.8. The molecule has 3 aromatic carbocycles. The average molecular weight is 366 g/mol. The fourth-order valence-corrected chi connectivity index (χ4v) is 3.13. The van der Waals surface area contributed by atoms with E-state index in [1.54, 1.807) is 25.3 Å². The Morgan fingerprint density at radius 3 is 2.35 bits per heavy atom. The number of hydrogen-bond acceptors (Lipinski definition) is 2. The third kappa shape index (κ3) is 4.06. The summed E-state index contributed by atoms with van der Waals surface area (Å²) in [6.07, 6.45) is 0. The molecule has 1 atom stereocenters. The van der Waals surface area contributed by atoms with E-state index in [1.807, 2.05) is 55.5 Å². The molecule has 0 aliphatic rings. The average Bonchev–Trinajstić information content (AvgIpc) is 2.66. The zero-order valence-corrected chi connectivity index (χ0v) is 15.5. The van der Waals surface area contributed by atoms with Crippen LogP contribution in [0, 0.1) is 6.92 Å². The van der Waals surface area contributed by atoms with Gasteiger partial charge in [-0.1, -0.05) is 71.8 Å². The minimum absolute atomic E-state index is 0.190. The van der Waals surface area contributed by atoms with Gasteiger partial charge in [-0.25, -0.2) is 0 Å². The van der Waals surface area contributed by atoms with Gasteiger partial charge in [0.25, 0.3) is 5.91 Å². The van der Waals surface area contributed by atoms with Crippen molar-refractivity contribution in [2.24, 2.45) is 0 Å². The van der Waals surface area contributed by atoms with Crippen molar-refractivity contribution < 1.29 is 9.53 Å². The summed E-state index contributed by atoms with van der Waals surface area (Å²) in [6.45, 7) is 2.04. The first kappa shape index (κ1) is 18.0. The zero-order chi connectivity index (χ0) is 18.5. The Morgan fingerprint density at radius 1 is 0.962 bits per heavy atom. The normalized spacial score (nSPS) is 11.7. The highest BCUT2D eigenvalue weighted by Crippen LogP contribution is 2.27. The lowest BCUT2D eigenvalue weighted by Gasteiger charge is -2.20. The topological polar surface area (TPSA) is 38.3 Å². The van der Waals surface area contributed by atoms with Gasteiger partial charge in [0, 0.05) is 5.56 Å². The highest BCUT2D eigenvalue weighted by molar-refractivity contribution is 6.32. The van der Waals surface area contributed by atoms with E-state index in [2.05, 4.69) is 11.4 Å². The SMILES string of the molecule is COc1ccc(C(=O)N[C@@H](c2ccccc2)c2cccc(C)c2)cc1Cl. The molecule has 0 unspecified atom stereocenters. The molecule has 0 saturated heterocycles.